The number of benzene rings is 1. The summed E-state index contributed by atoms with van der Waals surface area (Å²) in [5, 5.41) is 7.56. The van der Waals surface area contributed by atoms with Crippen LogP contribution in [0.1, 0.15) is 13.3 Å². The monoisotopic (exact) mass is 279 g/mol. The molecule has 21 heavy (non-hydrogen) atoms. The minimum absolute atomic E-state index is 0.631. The van der Waals surface area contributed by atoms with Crippen molar-refractivity contribution in [2.45, 2.75) is 13.3 Å². The van der Waals surface area contributed by atoms with Crippen molar-refractivity contribution < 1.29 is 0 Å². The second-order valence-corrected chi connectivity index (χ2v) is 4.70. The number of aromatic nitrogens is 4. The molecule has 3 aromatic rings. The van der Waals surface area contributed by atoms with Crippen LogP contribution >= 0.6 is 0 Å². The van der Waals surface area contributed by atoms with E-state index in [4.69, 9.17) is 0 Å². The minimum atomic E-state index is 0.631. The highest BCUT2D eigenvalue weighted by Gasteiger charge is 2.05. The van der Waals surface area contributed by atoms with Crippen LogP contribution in [-0.2, 0) is 0 Å². The number of nitrogens with zero attached hydrogens (tertiary/aromatic N) is 4. The average Bonchev–Trinajstić information content (AvgIpc) is 3.04. The van der Waals surface area contributed by atoms with E-state index in [2.05, 4.69) is 39.4 Å². The molecule has 0 spiro atoms. The Kier molecular flexibility index (Phi) is 3.91. The lowest BCUT2D eigenvalue weighted by atomic mass is 10.1. The normalized spacial score (nSPS) is 10.5. The van der Waals surface area contributed by atoms with E-state index in [1.54, 1.807) is 10.9 Å². The fraction of sp³-hybridized carbons (Fsp3) is 0.188. The maximum Gasteiger partial charge on any atom is 0.224 e. The predicted molar refractivity (Wildman–Crippen MR) is 83.4 cm³/mol. The predicted octanol–water partition coefficient (Wildman–Crippen LogP) is 3.15. The average molecular weight is 279 g/mol. The molecule has 2 aromatic heterocycles. The minimum Gasteiger partial charge on any atom is -0.354 e. The van der Waals surface area contributed by atoms with Gasteiger partial charge in [-0.15, -0.1) is 0 Å². The molecule has 5 heteroatoms. The standard InChI is InChI=1S/C16H17N5/c1-2-9-17-16-18-10-8-15(20-16)21-12-14(11-19-21)13-6-4-3-5-7-13/h3-8,10-12H,2,9H2,1H3,(H,17,18,20). The third-order valence-corrected chi connectivity index (χ3v) is 3.10. The van der Waals surface area contributed by atoms with Crippen molar-refractivity contribution >= 4 is 5.95 Å². The van der Waals surface area contributed by atoms with Gasteiger partial charge in [-0.3, -0.25) is 0 Å². The van der Waals surface area contributed by atoms with Crippen molar-refractivity contribution in [3.8, 4) is 16.9 Å². The van der Waals surface area contributed by atoms with Crippen LogP contribution in [0.4, 0.5) is 5.95 Å². The van der Waals surface area contributed by atoms with E-state index in [0.29, 0.717) is 5.95 Å². The van der Waals surface area contributed by atoms with Crippen molar-refractivity contribution in [2.24, 2.45) is 0 Å². The first-order valence-electron chi connectivity index (χ1n) is 7.04. The van der Waals surface area contributed by atoms with Gasteiger partial charge < -0.3 is 5.32 Å². The van der Waals surface area contributed by atoms with Crippen molar-refractivity contribution in [2.75, 3.05) is 11.9 Å². The van der Waals surface area contributed by atoms with Crippen LogP contribution in [0.25, 0.3) is 16.9 Å². The lowest BCUT2D eigenvalue weighted by Gasteiger charge is -2.04. The van der Waals surface area contributed by atoms with Crippen molar-refractivity contribution in [3.05, 3.63) is 55.0 Å². The molecule has 1 aromatic carbocycles. The van der Waals surface area contributed by atoms with Gasteiger partial charge in [-0.1, -0.05) is 37.3 Å². The Bertz CT molecular complexity index is 705. The topological polar surface area (TPSA) is 55.6 Å². The SMILES string of the molecule is CCCNc1nccc(-n2cc(-c3ccccc3)cn2)n1. The molecule has 0 saturated carbocycles. The number of hydrogen-bond acceptors (Lipinski definition) is 4. The maximum atomic E-state index is 4.47. The Balaban J connectivity index is 1.86. The Morgan fingerprint density at radius 2 is 1.95 bits per heavy atom. The zero-order valence-electron chi connectivity index (χ0n) is 11.9. The highest BCUT2D eigenvalue weighted by Crippen LogP contribution is 2.19. The van der Waals surface area contributed by atoms with Gasteiger partial charge in [0.2, 0.25) is 5.95 Å². The molecule has 0 aliphatic rings. The van der Waals surface area contributed by atoms with E-state index in [9.17, 15) is 0 Å². The summed E-state index contributed by atoms with van der Waals surface area (Å²) < 4.78 is 1.77. The van der Waals surface area contributed by atoms with Crippen LogP contribution in [0.15, 0.2) is 55.0 Å². The summed E-state index contributed by atoms with van der Waals surface area (Å²) in [7, 11) is 0. The van der Waals surface area contributed by atoms with Gasteiger partial charge in [0.15, 0.2) is 5.82 Å². The molecule has 0 aliphatic heterocycles. The Morgan fingerprint density at radius 1 is 1.10 bits per heavy atom. The number of hydrogen-bond donors (Lipinski definition) is 1. The van der Waals surface area contributed by atoms with Gasteiger partial charge in [0.05, 0.1) is 6.20 Å². The molecule has 0 aliphatic carbocycles. The van der Waals surface area contributed by atoms with E-state index >= 15 is 0 Å². The maximum absolute atomic E-state index is 4.47. The largest absolute Gasteiger partial charge is 0.354 e. The Hall–Kier alpha value is -2.69. The first kappa shape index (κ1) is 13.3. The van der Waals surface area contributed by atoms with Crippen LogP contribution in [-0.4, -0.2) is 26.3 Å². The Morgan fingerprint density at radius 3 is 2.76 bits per heavy atom. The summed E-state index contributed by atoms with van der Waals surface area (Å²) in [4.78, 5) is 8.67. The second kappa shape index (κ2) is 6.17. The summed E-state index contributed by atoms with van der Waals surface area (Å²) >= 11 is 0. The van der Waals surface area contributed by atoms with E-state index in [1.807, 2.05) is 36.7 Å². The van der Waals surface area contributed by atoms with Gasteiger partial charge in [0.1, 0.15) is 0 Å². The zero-order valence-corrected chi connectivity index (χ0v) is 11.9. The molecule has 0 amide bonds. The van der Waals surface area contributed by atoms with Gasteiger partial charge in [-0.25, -0.2) is 9.67 Å². The van der Waals surface area contributed by atoms with E-state index in [-0.39, 0.29) is 0 Å². The number of nitrogens with one attached hydrogen (secondary N) is 1. The van der Waals surface area contributed by atoms with Crippen LogP contribution < -0.4 is 5.32 Å². The van der Waals surface area contributed by atoms with Crippen molar-refractivity contribution in [1.29, 1.82) is 0 Å². The molecule has 0 atom stereocenters. The highest BCUT2D eigenvalue weighted by molar-refractivity contribution is 5.61. The summed E-state index contributed by atoms with van der Waals surface area (Å²) in [6.07, 6.45) is 6.59. The molecule has 0 radical (unpaired) electrons. The molecule has 1 N–H and O–H groups in total. The van der Waals surface area contributed by atoms with Gasteiger partial charge in [-0.05, 0) is 12.0 Å². The molecule has 0 unspecified atom stereocenters. The number of anilines is 1. The quantitative estimate of drug-likeness (QED) is 0.779. The third kappa shape index (κ3) is 3.08. The molecule has 5 nitrogen and oxygen atoms in total. The zero-order chi connectivity index (χ0) is 14.5. The van der Waals surface area contributed by atoms with Crippen molar-refractivity contribution in [3.63, 3.8) is 0 Å². The van der Waals surface area contributed by atoms with Crippen molar-refractivity contribution in [1.82, 2.24) is 19.7 Å². The first-order valence-corrected chi connectivity index (χ1v) is 7.04. The van der Waals surface area contributed by atoms with Gasteiger partial charge in [0.25, 0.3) is 0 Å². The van der Waals surface area contributed by atoms with Crippen LogP contribution in [0.3, 0.4) is 0 Å². The summed E-state index contributed by atoms with van der Waals surface area (Å²) in [6, 6.07) is 12.0. The summed E-state index contributed by atoms with van der Waals surface area (Å²) in [5.74, 6) is 1.39. The molecule has 0 bridgehead atoms. The molecule has 0 saturated heterocycles. The third-order valence-electron chi connectivity index (χ3n) is 3.10. The van der Waals surface area contributed by atoms with Gasteiger partial charge in [-0.2, -0.15) is 10.1 Å². The first-order chi connectivity index (χ1) is 10.4. The molecule has 106 valence electrons. The van der Waals surface area contributed by atoms with Gasteiger partial charge in [0, 0.05) is 30.6 Å². The van der Waals surface area contributed by atoms with Crippen LogP contribution in [0.5, 0.6) is 0 Å². The van der Waals surface area contributed by atoms with Crippen LogP contribution in [0.2, 0.25) is 0 Å². The molecule has 0 fully saturated rings. The molecular formula is C16H17N5. The molecule has 2 heterocycles. The Labute approximate surface area is 123 Å². The lowest BCUT2D eigenvalue weighted by molar-refractivity contribution is 0.836. The molecular weight excluding hydrogens is 262 g/mol. The smallest absolute Gasteiger partial charge is 0.224 e. The highest BCUT2D eigenvalue weighted by atomic mass is 15.3. The van der Waals surface area contributed by atoms with E-state index < -0.39 is 0 Å². The van der Waals surface area contributed by atoms with E-state index in [0.717, 1.165) is 29.9 Å². The second-order valence-electron chi connectivity index (χ2n) is 4.70. The summed E-state index contributed by atoms with van der Waals surface area (Å²) in [5.41, 5.74) is 2.21. The lowest BCUT2D eigenvalue weighted by Crippen LogP contribution is -2.06. The molecule has 3 rings (SSSR count). The number of rotatable bonds is 5. The fourth-order valence-electron chi connectivity index (χ4n) is 2.03. The van der Waals surface area contributed by atoms with E-state index in [1.165, 1.54) is 0 Å². The van der Waals surface area contributed by atoms with Gasteiger partial charge >= 0.3 is 0 Å². The summed E-state index contributed by atoms with van der Waals surface area (Å²) in [6.45, 7) is 2.97. The fourth-order valence-corrected chi connectivity index (χ4v) is 2.03. The van der Waals surface area contributed by atoms with Crippen LogP contribution in [0, 0.1) is 0 Å².